The summed E-state index contributed by atoms with van der Waals surface area (Å²) >= 11 is 0. The minimum absolute atomic E-state index is 0.0881. The summed E-state index contributed by atoms with van der Waals surface area (Å²) in [5.74, 6) is -0.0881. The number of hydrogen-bond donors (Lipinski definition) is 1. The van der Waals surface area contributed by atoms with Crippen molar-refractivity contribution in [2.45, 2.75) is 50.7 Å². The number of nitrogens with one attached hydrogen (secondary N) is 1. The van der Waals surface area contributed by atoms with Crippen LogP contribution in [0.25, 0.3) is 0 Å². The van der Waals surface area contributed by atoms with E-state index in [1.165, 1.54) is 25.7 Å². The Morgan fingerprint density at radius 3 is 2.75 bits per heavy atom. The van der Waals surface area contributed by atoms with E-state index >= 15 is 0 Å². The van der Waals surface area contributed by atoms with Crippen molar-refractivity contribution in [3.05, 3.63) is 0 Å². The molecule has 2 fully saturated rings. The number of nitrogens with zero attached hydrogens (tertiary/aromatic N) is 2. The molecule has 1 aliphatic carbocycles. The number of ether oxygens (including phenoxy) is 1. The highest BCUT2D eigenvalue weighted by molar-refractivity contribution is 5.76. The van der Waals surface area contributed by atoms with E-state index in [0.29, 0.717) is 18.7 Å². The van der Waals surface area contributed by atoms with Gasteiger partial charge in [0.15, 0.2) is 0 Å². The zero-order valence-electron chi connectivity index (χ0n) is 13.1. The smallest absolute Gasteiger partial charge is 0.324 e. The standard InChI is InChI=1S/C15H29N3O2/c1-4-20-15(19)14(16-12-7-8-12)11-18-9-5-6-13(18)10-17(2)3/h12-14,16H,4-11H2,1-3H3. The van der Waals surface area contributed by atoms with Gasteiger partial charge in [-0.05, 0) is 53.2 Å². The van der Waals surface area contributed by atoms with E-state index in [1.807, 2.05) is 6.92 Å². The molecule has 0 aromatic carbocycles. The molecule has 0 aromatic rings. The molecule has 5 nitrogen and oxygen atoms in total. The molecular weight excluding hydrogens is 254 g/mol. The summed E-state index contributed by atoms with van der Waals surface area (Å²) in [7, 11) is 4.23. The van der Waals surface area contributed by atoms with Gasteiger partial charge in [0, 0.05) is 25.2 Å². The first kappa shape index (κ1) is 15.7. The molecule has 2 aliphatic rings. The lowest BCUT2D eigenvalue weighted by Crippen LogP contribution is -2.50. The van der Waals surface area contributed by atoms with Gasteiger partial charge in [-0.3, -0.25) is 9.69 Å². The van der Waals surface area contributed by atoms with Crippen LogP contribution in [0.2, 0.25) is 0 Å². The van der Waals surface area contributed by atoms with Gasteiger partial charge in [0.2, 0.25) is 0 Å². The molecule has 116 valence electrons. The third kappa shape index (κ3) is 4.72. The van der Waals surface area contributed by atoms with E-state index in [2.05, 4.69) is 29.2 Å². The van der Waals surface area contributed by atoms with E-state index in [9.17, 15) is 4.79 Å². The van der Waals surface area contributed by atoms with E-state index in [1.54, 1.807) is 0 Å². The molecule has 1 saturated carbocycles. The molecule has 2 atom stereocenters. The maximum Gasteiger partial charge on any atom is 0.324 e. The molecule has 2 rings (SSSR count). The SMILES string of the molecule is CCOC(=O)C(CN1CCCC1CN(C)C)NC1CC1. The zero-order valence-corrected chi connectivity index (χ0v) is 13.1. The van der Waals surface area contributed by atoms with Crippen LogP contribution in [0.3, 0.4) is 0 Å². The van der Waals surface area contributed by atoms with Crippen LogP contribution in [-0.2, 0) is 9.53 Å². The van der Waals surface area contributed by atoms with Crippen molar-refractivity contribution >= 4 is 5.97 Å². The third-order valence-electron chi connectivity index (χ3n) is 4.08. The predicted molar refractivity (Wildman–Crippen MR) is 79.7 cm³/mol. The second-order valence-corrected chi connectivity index (χ2v) is 6.30. The topological polar surface area (TPSA) is 44.8 Å². The highest BCUT2D eigenvalue weighted by atomic mass is 16.5. The second-order valence-electron chi connectivity index (χ2n) is 6.30. The molecule has 0 radical (unpaired) electrons. The first-order valence-corrected chi connectivity index (χ1v) is 7.91. The van der Waals surface area contributed by atoms with E-state index < -0.39 is 0 Å². The highest BCUT2D eigenvalue weighted by Gasteiger charge is 2.33. The molecule has 1 heterocycles. The van der Waals surface area contributed by atoms with Gasteiger partial charge < -0.3 is 15.0 Å². The van der Waals surface area contributed by atoms with E-state index in [-0.39, 0.29) is 12.0 Å². The summed E-state index contributed by atoms with van der Waals surface area (Å²) < 4.78 is 5.22. The average molecular weight is 283 g/mol. The van der Waals surface area contributed by atoms with Crippen LogP contribution in [-0.4, -0.2) is 74.2 Å². The summed E-state index contributed by atoms with van der Waals surface area (Å²) in [6.45, 7) is 5.28. The number of likely N-dealkylation sites (N-methyl/N-ethyl adjacent to an activating group) is 1. The number of likely N-dealkylation sites (tertiary alicyclic amines) is 1. The quantitative estimate of drug-likeness (QED) is 0.664. The molecule has 0 amide bonds. The molecule has 1 N–H and O–H groups in total. The van der Waals surface area contributed by atoms with Gasteiger partial charge in [0.05, 0.1) is 6.61 Å². The summed E-state index contributed by atoms with van der Waals surface area (Å²) in [4.78, 5) is 16.8. The largest absolute Gasteiger partial charge is 0.465 e. The van der Waals surface area contributed by atoms with Crippen LogP contribution in [0.15, 0.2) is 0 Å². The Balaban J connectivity index is 1.89. The maximum absolute atomic E-state index is 12.1. The van der Waals surface area contributed by atoms with Gasteiger partial charge in [-0.1, -0.05) is 0 Å². The van der Waals surface area contributed by atoms with Gasteiger partial charge >= 0.3 is 5.97 Å². The number of hydrogen-bond acceptors (Lipinski definition) is 5. The van der Waals surface area contributed by atoms with E-state index in [0.717, 1.165) is 19.6 Å². The fourth-order valence-electron chi connectivity index (χ4n) is 2.97. The summed E-state index contributed by atoms with van der Waals surface area (Å²) in [6, 6.07) is 0.937. The van der Waals surface area contributed by atoms with Crippen molar-refractivity contribution in [3.63, 3.8) is 0 Å². The highest BCUT2D eigenvalue weighted by Crippen LogP contribution is 2.22. The Labute approximate surface area is 122 Å². The summed E-state index contributed by atoms with van der Waals surface area (Å²) in [5, 5.41) is 3.45. The first-order chi connectivity index (χ1) is 9.60. The second kappa shape index (κ2) is 7.38. The lowest BCUT2D eigenvalue weighted by atomic mass is 10.2. The number of rotatable bonds is 8. The average Bonchev–Trinajstić information content (AvgIpc) is 3.10. The van der Waals surface area contributed by atoms with Gasteiger partial charge in [-0.25, -0.2) is 0 Å². The molecule has 0 spiro atoms. The number of carbonyl (C=O) groups is 1. The molecule has 0 aromatic heterocycles. The Hall–Kier alpha value is -0.650. The van der Waals surface area contributed by atoms with Gasteiger partial charge in [0.25, 0.3) is 0 Å². The monoisotopic (exact) mass is 283 g/mol. The maximum atomic E-state index is 12.1. The lowest BCUT2D eigenvalue weighted by molar-refractivity contribution is -0.146. The minimum atomic E-state index is -0.162. The Morgan fingerprint density at radius 2 is 2.15 bits per heavy atom. The van der Waals surface area contributed by atoms with Gasteiger partial charge in [0.1, 0.15) is 6.04 Å². The molecule has 1 saturated heterocycles. The molecule has 0 bridgehead atoms. The van der Waals surface area contributed by atoms with Crippen molar-refractivity contribution < 1.29 is 9.53 Å². The van der Waals surface area contributed by atoms with Crippen molar-refractivity contribution in [3.8, 4) is 0 Å². The molecular formula is C15H29N3O2. The zero-order chi connectivity index (χ0) is 14.5. The summed E-state index contributed by atoms with van der Waals surface area (Å²) in [6.07, 6.45) is 4.85. The fraction of sp³-hybridized carbons (Fsp3) is 0.933. The Kier molecular flexibility index (Phi) is 5.81. The molecule has 20 heavy (non-hydrogen) atoms. The van der Waals surface area contributed by atoms with Crippen LogP contribution in [0.4, 0.5) is 0 Å². The lowest BCUT2D eigenvalue weighted by Gasteiger charge is -2.30. The molecule has 5 heteroatoms. The Morgan fingerprint density at radius 1 is 1.40 bits per heavy atom. The number of carbonyl (C=O) groups excluding carboxylic acids is 1. The Bertz CT molecular complexity index is 318. The van der Waals surface area contributed by atoms with Crippen LogP contribution in [0.1, 0.15) is 32.6 Å². The number of esters is 1. The fourth-order valence-corrected chi connectivity index (χ4v) is 2.97. The van der Waals surface area contributed by atoms with Crippen molar-refractivity contribution in [1.29, 1.82) is 0 Å². The van der Waals surface area contributed by atoms with Crippen LogP contribution in [0, 0.1) is 0 Å². The molecule has 1 aliphatic heterocycles. The third-order valence-corrected chi connectivity index (χ3v) is 4.08. The van der Waals surface area contributed by atoms with Crippen LogP contribution >= 0.6 is 0 Å². The minimum Gasteiger partial charge on any atom is -0.465 e. The first-order valence-electron chi connectivity index (χ1n) is 7.91. The summed E-state index contributed by atoms with van der Waals surface area (Å²) in [5.41, 5.74) is 0. The predicted octanol–water partition coefficient (Wildman–Crippen LogP) is 0.696. The van der Waals surface area contributed by atoms with Crippen LogP contribution in [0.5, 0.6) is 0 Å². The van der Waals surface area contributed by atoms with E-state index in [4.69, 9.17) is 4.74 Å². The van der Waals surface area contributed by atoms with Crippen molar-refractivity contribution in [2.75, 3.05) is 40.3 Å². The molecule has 2 unspecified atom stereocenters. The van der Waals surface area contributed by atoms with Gasteiger partial charge in [-0.15, -0.1) is 0 Å². The van der Waals surface area contributed by atoms with Crippen molar-refractivity contribution in [1.82, 2.24) is 15.1 Å². The van der Waals surface area contributed by atoms with Crippen LogP contribution < -0.4 is 5.32 Å². The normalized spacial score (nSPS) is 25.1. The van der Waals surface area contributed by atoms with Gasteiger partial charge in [-0.2, -0.15) is 0 Å². The van der Waals surface area contributed by atoms with Crippen molar-refractivity contribution in [2.24, 2.45) is 0 Å².